The highest BCUT2D eigenvalue weighted by atomic mass is 14.2. The molecule has 0 unspecified atom stereocenters. The van der Waals surface area contributed by atoms with Crippen LogP contribution in [0, 0.1) is 12.3 Å². The summed E-state index contributed by atoms with van der Waals surface area (Å²) in [6.45, 7) is 2.30. The number of allylic oxidation sites excluding steroid dienone is 4. The minimum atomic E-state index is 0.725. The van der Waals surface area contributed by atoms with Crippen LogP contribution in [0.4, 0.5) is 0 Å². The van der Waals surface area contributed by atoms with Crippen molar-refractivity contribution >= 4 is 0 Å². The molecule has 52 valence electrons. The van der Waals surface area contributed by atoms with Crippen molar-refractivity contribution in [2.45, 2.75) is 26.2 Å². The number of rotatable bonds is 0. The molecule has 0 aromatic carbocycles. The monoisotopic (exact) mass is 133 g/mol. The van der Waals surface area contributed by atoms with E-state index in [2.05, 4.69) is 25.5 Å². The van der Waals surface area contributed by atoms with E-state index >= 15 is 0 Å². The lowest BCUT2D eigenvalue weighted by molar-refractivity contribution is 0.787. The average molecular weight is 133 g/mol. The summed E-state index contributed by atoms with van der Waals surface area (Å²) in [4.78, 5) is 0. The second kappa shape index (κ2) is 2.19. The Balaban J connectivity index is 2.26. The van der Waals surface area contributed by atoms with Crippen molar-refractivity contribution in [3.63, 3.8) is 0 Å². The van der Waals surface area contributed by atoms with E-state index in [4.69, 9.17) is 0 Å². The van der Waals surface area contributed by atoms with Gasteiger partial charge in [0.1, 0.15) is 0 Å². The van der Waals surface area contributed by atoms with Crippen molar-refractivity contribution in [1.82, 2.24) is 0 Å². The minimum absolute atomic E-state index is 0.725. The van der Waals surface area contributed by atoms with Gasteiger partial charge in [0.15, 0.2) is 0 Å². The van der Waals surface area contributed by atoms with E-state index < -0.39 is 0 Å². The molecule has 2 aliphatic carbocycles. The highest BCUT2D eigenvalue weighted by Gasteiger charge is 2.27. The summed E-state index contributed by atoms with van der Waals surface area (Å²) in [6, 6.07) is 0. The van der Waals surface area contributed by atoms with Crippen molar-refractivity contribution in [2.75, 3.05) is 0 Å². The molecular weight excluding hydrogens is 120 g/mol. The van der Waals surface area contributed by atoms with E-state index in [-0.39, 0.29) is 0 Å². The Morgan fingerprint density at radius 2 is 2.40 bits per heavy atom. The molecular formula is C10H13+. The number of hydrogen-bond acceptors (Lipinski definition) is 0. The predicted octanol–water partition coefficient (Wildman–Crippen LogP) is 2.88. The van der Waals surface area contributed by atoms with Crippen molar-refractivity contribution in [3.8, 4) is 0 Å². The molecule has 0 fully saturated rings. The van der Waals surface area contributed by atoms with Crippen LogP contribution in [0.15, 0.2) is 23.3 Å². The second-order valence-electron chi connectivity index (χ2n) is 3.24. The van der Waals surface area contributed by atoms with E-state index in [1.54, 1.807) is 11.1 Å². The Hall–Kier alpha value is -0.650. The third-order valence-electron chi connectivity index (χ3n) is 2.55. The van der Waals surface area contributed by atoms with Crippen LogP contribution in [0.5, 0.6) is 0 Å². The molecule has 2 aliphatic rings. The molecule has 0 aromatic heterocycles. The van der Waals surface area contributed by atoms with E-state index in [0.717, 1.165) is 5.92 Å². The van der Waals surface area contributed by atoms with Gasteiger partial charge >= 0.3 is 0 Å². The third kappa shape index (κ3) is 0.792. The first-order chi connectivity index (χ1) is 4.88. The van der Waals surface area contributed by atoms with Crippen molar-refractivity contribution < 1.29 is 0 Å². The molecule has 0 N–H and O–H groups in total. The molecule has 0 nitrogen and oxygen atoms in total. The van der Waals surface area contributed by atoms with Gasteiger partial charge in [-0.05, 0) is 19.8 Å². The first-order valence-corrected chi connectivity index (χ1v) is 4.11. The predicted molar refractivity (Wildman–Crippen MR) is 43.5 cm³/mol. The maximum absolute atomic E-state index is 2.30. The van der Waals surface area contributed by atoms with Crippen LogP contribution in [0.3, 0.4) is 0 Å². The van der Waals surface area contributed by atoms with Crippen LogP contribution >= 0.6 is 0 Å². The minimum Gasteiger partial charge on any atom is -0.0314 e. The Morgan fingerprint density at radius 3 is 3.20 bits per heavy atom. The van der Waals surface area contributed by atoms with E-state index in [1.807, 2.05) is 0 Å². The summed E-state index contributed by atoms with van der Waals surface area (Å²) >= 11 is 0. The van der Waals surface area contributed by atoms with Crippen LogP contribution in [-0.2, 0) is 0 Å². The lowest BCUT2D eigenvalue weighted by Gasteiger charge is -2.06. The summed E-state index contributed by atoms with van der Waals surface area (Å²) in [5, 5.41) is 0. The van der Waals surface area contributed by atoms with Gasteiger partial charge in [-0.1, -0.05) is 0 Å². The van der Waals surface area contributed by atoms with Gasteiger partial charge in [0.25, 0.3) is 0 Å². The molecule has 0 bridgehead atoms. The van der Waals surface area contributed by atoms with E-state index in [9.17, 15) is 0 Å². The lowest BCUT2D eigenvalue weighted by Crippen LogP contribution is -1.99. The maximum atomic E-state index is 2.30. The summed E-state index contributed by atoms with van der Waals surface area (Å²) in [5.41, 5.74) is 3.32. The van der Waals surface area contributed by atoms with E-state index in [0.29, 0.717) is 0 Å². The Labute approximate surface area is 62.6 Å². The van der Waals surface area contributed by atoms with Gasteiger partial charge < -0.3 is 0 Å². The quantitative estimate of drug-likeness (QED) is 0.446. The zero-order valence-electron chi connectivity index (χ0n) is 6.43. The molecule has 0 saturated heterocycles. The largest absolute Gasteiger partial charge is 0.0829 e. The Bertz CT molecular complexity index is 196. The highest BCUT2D eigenvalue weighted by molar-refractivity contribution is 5.37. The van der Waals surface area contributed by atoms with Crippen LogP contribution in [0.25, 0.3) is 0 Å². The molecule has 0 radical (unpaired) electrons. The lowest BCUT2D eigenvalue weighted by atomic mass is 9.91. The van der Waals surface area contributed by atoms with Crippen LogP contribution in [-0.4, -0.2) is 0 Å². The van der Waals surface area contributed by atoms with Crippen molar-refractivity contribution in [2.24, 2.45) is 5.92 Å². The SMILES string of the molecule is C[C@@H]1C=C[CH+]C2=C1CCC2. The molecule has 0 aromatic rings. The zero-order valence-corrected chi connectivity index (χ0v) is 6.43. The summed E-state index contributed by atoms with van der Waals surface area (Å²) in [6.07, 6.45) is 10.8. The molecule has 0 saturated carbocycles. The van der Waals surface area contributed by atoms with Crippen molar-refractivity contribution in [3.05, 3.63) is 29.7 Å². The van der Waals surface area contributed by atoms with Gasteiger partial charge in [0.2, 0.25) is 0 Å². The Morgan fingerprint density at radius 1 is 1.50 bits per heavy atom. The van der Waals surface area contributed by atoms with Gasteiger partial charge in [-0.25, -0.2) is 0 Å². The molecule has 0 heteroatoms. The van der Waals surface area contributed by atoms with Crippen LogP contribution < -0.4 is 0 Å². The fourth-order valence-corrected chi connectivity index (χ4v) is 1.96. The normalized spacial score (nSPS) is 30.3. The first kappa shape index (κ1) is 6.09. The summed E-state index contributed by atoms with van der Waals surface area (Å²) in [7, 11) is 0. The van der Waals surface area contributed by atoms with Gasteiger partial charge in [0.05, 0.1) is 11.5 Å². The van der Waals surface area contributed by atoms with E-state index in [1.165, 1.54) is 19.3 Å². The molecule has 0 heterocycles. The van der Waals surface area contributed by atoms with Gasteiger partial charge in [-0.15, -0.1) is 0 Å². The van der Waals surface area contributed by atoms with Gasteiger partial charge in [-0.2, -0.15) is 0 Å². The fourth-order valence-electron chi connectivity index (χ4n) is 1.96. The fraction of sp³-hybridized carbons (Fsp3) is 0.500. The second-order valence-corrected chi connectivity index (χ2v) is 3.24. The van der Waals surface area contributed by atoms with Gasteiger partial charge in [0, 0.05) is 30.6 Å². The molecule has 0 aliphatic heterocycles. The summed E-state index contributed by atoms with van der Waals surface area (Å²) in [5.74, 6) is 0.725. The standard InChI is InChI=1S/C10H13/c1-8-4-2-5-9-6-3-7-10(8)9/h2,4-5,8H,3,6-7H2,1H3/q+1/t8-/m1/s1. The van der Waals surface area contributed by atoms with Crippen LogP contribution in [0.2, 0.25) is 0 Å². The molecule has 1 atom stereocenters. The molecule has 2 rings (SSSR count). The maximum Gasteiger partial charge on any atom is 0.0829 e. The zero-order chi connectivity index (χ0) is 6.97. The number of hydrogen-bond donors (Lipinski definition) is 0. The molecule has 10 heavy (non-hydrogen) atoms. The Kier molecular flexibility index (Phi) is 1.33. The first-order valence-electron chi connectivity index (χ1n) is 4.11. The smallest absolute Gasteiger partial charge is 0.0314 e. The summed E-state index contributed by atoms with van der Waals surface area (Å²) < 4.78 is 0. The molecule has 0 spiro atoms. The third-order valence-corrected chi connectivity index (χ3v) is 2.55. The van der Waals surface area contributed by atoms with Crippen LogP contribution in [0.1, 0.15) is 26.2 Å². The highest BCUT2D eigenvalue weighted by Crippen LogP contribution is 2.36. The topological polar surface area (TPSA) is 0 Å². The molecule has 0 amide bonds. The van der Waals surface area contributed by atoms with Gasteiger partial charge in [-0.3, -0.25) is 0 Å². The average Bonchev–Trinajstić information content (AvgIpc) is 2.36. The van der Waals surface area contributed by atoms with Crippen molar-refractivity contribution in [1.29, 1.82) is 0 Å².